The molecule has 0 saturated carbocycles. The predicted octanol–water partition coefficient (Wildman–Crippen LogP) is 7.43. The van der Waals surface area contributed by atoms with Crippen molar-refractivity contribution >= 4 is 28.4 Å². The topological polar surface area (TPSA) is 17.8 Å². The summed E-state index contributed by atoms with van der Waals surface area (Å²) < 4.78 is 2.32. The van der Waals surface area contributed by atoms with E-state index in [1.54, 1.807) is 0 Å². The van der Waals surface area contributed by atoms with E-state index in [9.17, 15) is 0 Å². The van der Waals surface area contributed by atoms with E-state index in [0.717, 1.165) is 17.8 Å². The van der Waals surface area contributed by atoms with Crippen molar-refractivity contribution in [1.29, 1.82) is 0 Å². The fourth-order valence-corrected chi connectivity index (χ4v) is 7.16. The van der Waals surface area contributed by atoms with Crippen LogP contribution in [0.25, 0.3) is 22.3 Å². The summed E-state index contributed by atoms with van der Waals surface area (Å²) in [6.07, 6.45) is 19.4. The van der Waals surface area contributed by atoms with Gasteiger partial charge >= 0.3 is 0 Å². The highest BCUT2D eigenvalue weighted by atomic mass is 32.2. The van der Waals surface area contributed by atoms with E-state index in [2.05, 4.69) is 96.5 Å². The third-order valence-corrected chi connectivity index (χ3v) is 8.51. The van der Waals surface area contributed by atoms with Crippen LogP contribution in [0.3, 0.4) is 0 Å². The van der Waals surface area contributed by atoms with Gasteiger partial charge in [0.1, 0.15) is 5.82 Å². The molecule has 2 nitrogen and oxygen atoms in total. The number of benzene rings is 2. The first kappa shape index (κ1) is 17.9. The van der Waals surface area contributed by atoms with E-state index in [1.165, 1.54) is 60.0 Å². The van der Waals surface area contributed by atoms with Crippen LogP contribution < -0.4 is 0 Å². The first-order valence-electron chi connectivity index (χ1n) is 11.5. The Morgan fingerprint density at radius 3 is 2.97 bits per heavy atom. The van der Waals surface area contributed by atoms with Crippen molar-refractivity contribution in [3.8, 4) is 5.69 Å². The Morgan fingerprint density at radius 2 is 2.00 bits per heavy atom. The number of imidazole rings is 1. The highest BCUT2D eigenvalue weighted by molar-refractivity contribution is 7.99. The molecular formula is C30H20N2S. The smallest absolute Gasteiger partial charge is 0.111 e. The minimum atomic E-state index is 0.356. The lowest BCUT2D eigenvalue weighted by molar-refractivity contribution is 0.843. The quantitative estimate of drug-likeness (QED) is 0.306. The SMILES string of the molecule is Cc1nc2cccc3c2n1-c1ccc(C2=CC4=C5C(=CC=C6C=CC=C2C65)C=CC4)cc1S3. The molecule has 1 aliphatic heterocycles. The molecule has 0 fully saturated rings. The van der Waals surface area contributed by atoms with Gasteiger partial charge in [0.2, 0.25) is 0 Å². The Hall–Kier alpha value is -3.56. The zero-order valence-corrected chi connectivity index (χ0v) is 19.0. The van der Waals surface area contributed by atoms with Gasteiger partial charge in [-0.1, -0.05) is 72.5 Å². The average molecular weight is 441 g/mol. The molecule has 2 aromatic carbocycles. The summed E-state index contributed by atoms with van der Waals surface area (Å²) >= 11 is 1.87. The van der Waals surface area contributed by atoms with Gasteiger partial charge in [-0.3, -0.25) is 4.57 Å². The summed E-state index contributed by atoms with van der Waals surface area (Å²) in [4.78, 5) is 7.39. The zero-order valence-electron chi connectivity index (χ0n) is 18.2. The fraction of sp³-hybridized carbons (Fsp3) is 0.100. The third-order valence-electron chi connectivity index (χ3n) is 7.41. The second kappa shape index (κ2) is 6.27. The molecule has 5 aliphatic rings. The second-order valence-electron chi connectivity index (χ2n) is 9.21. The Bertz CT molecular complexity index is 1660. The highest BCUT2D eigenvalue weighted by Gasteiger charge is 2.35. The first-order valence-corrected chi connectivity index (χ1v) is 12.3. The maximum absolute atomic E-state index is 4.81. The zero-order chi connectivity index (χ0) is 21.7. The number of para-hydroxylation sites is 1. The molecule has 4 aliphatic carbocycles. The van der Waals surface area contributed by atoms with Crippen molar-refractivity contribution in [2.75, 3.05) is 0 Å². The van der Waals surface area contributed by atoms with E-state index in [0.29, 0.717) is 5.92 Å². The van der Waals surface area contributed by atoms with Crippen molar-refractivity contribution in [3.05, 3.63) is 124 Å². The van der Waals surface area contributed by atoms with Crippen molar-refractivity contribution in [2.45, 2.75) is 23.1 Å². The molecule has 2 heterocycles. The van der Waals surface area contributed by atoms with Crippen LogP contribution in [0.2, 0.25) is 0 Å². The van der Waals surface area contributed by atoms with Crippen LogP contribution in [0, 0.1) is 12.8 Å². The molecule has 0 bridgehead atoms. The number of aromatic nitrogens is 2. The summed E-state index contributed by atoms with van der Waals surface area (Å²) in [6.45, 7) is 2.10. The van der Waals surface area contributed by atoms with Crippen LogP contribution in [-0.4, -0.2) is 9.55 Å². The molecule has 33 heavy (non-hydrogen) atoms. The van der Waals surface area contributed by atoms with Gasteiger partial charge < -0.3 is 0 Å². The summed E-state index contributed by atoms with van der Waals surface area (Å²) in [7, 11) is 0. The standard InChI is InChI=1S/C30H20N2S/c1-17-31-24-9-4-10-26-30(24)32(17)25-14-13-20(16-27(25)33-26)23-15-21-7-2-5-18-11-12-19-6-3-8-22(23)29(19)28(18)21/h2-6,8-16,29H,7H2,1H3. The number of aryl methyl sites for hydroxylation is 1. The Kier molecular flexibility index (Phi) is 3.41. The van der Waals surface area contributed by atoms with Crippen molar-refractivity contribution < 1.29 is 0 Å². The van der Waals surface area contributed by atoms with E-state index in [4.69, 9.17) is 4.98 Å². The van der Waals surface area contributed by atoms with Crippen molar-refractivity contribution in [2.24, 2.45) is 5.92 Å². The number of allylic oxidation sites excluding steroid dienone is 14. The molecule has 3 aromatic rings. The number of fused-ring (bicyclic) bond motifs is 2. The highest BCUT2D eigenvalue weighted by Crippen LogP contribution is 2.52. The molecule has 0 N–H and O–H groups in total. The molecule has 1 unspecified atom stereocenters. The van der Waals surface area contributed by atoms with E-state index in [-0.39, 0.29) is 0 Å². The average Bonchev–Trinajstić information content (AvgIpc) is 3.19. The van der Waals surface area contributed by atoms with Crippen LogP contribution in [0.5, 0.6) is 0 Å². The van der Waals surface area contributed by atoms with Crippen LogP contribution in [0.15, 0.2) is 123 Å². The molecule has 156 valence electrons. The van der Waals surface area contributed by atoms with E-state index < -0.39 is 0 Å². The number of hydrogen-bond acceptors (Lipinski definition) is 2. The van der Waals surface area contributed by atoms with Crippen LogP contribution in [0.4, 0.5) is 0 Å². The van der Waals surface area contributed by atoms with E-state index in [1.807, 2.05) is 11.8 Å². The predicted molar refractivity (Wildman–Crippen MR) is 136 cm³/mol. The molecule has 8 rings (SSSR count). The maximum Gasteiger partial charge on any atom is 0.111 e. The van der Waals surface area contributed by atoms with E-state index >= 15 is 0 Å². The number of hydrogen-bond donors (Lipinski definition) is 0. The Balaban J connectivity index is 1.33. The lowest BCUT2D eigenvalue weighted by atomic mass is 9.66. The third kappa shape index (κ3) is 2.33. The van der Waals surface area contributed by atoms with Gasteiger partial charge in [0.05, 0.1) is 16.7 Å². The Labute approximate surface area is 196 Å². The monoisotopic (exact) mass is 440 g/mol. The van der Waals surface area contributed by atoms with Crippen LogP contribution in [0.1, 0.15) is 17.8 Å². The van der Waals surface area contributed by atoms with Crippen molar-refractivity contribution in [3.63, 3.8) is 0 Å². The maximum atomic E-state index is 4.81. The van der Waals surface area contributed by atoms with Gasteiger partial charge in [0.15, 0.2) is 0 Å². The lowest BCUT2D eigenvalue weighted by Crippen LogP contribution is -2.22. The first-order chi connectivity index (χ1) is 16.3. The summed E-state index contributed by atoms with van der Waals surface area (Å²) in [5.74, 6) is 1.40. The molecule has 0 amide bonds. The fourth-order valence-electron chi connectivity index (χ4n) is 6.04. The van der Waals surface area contributed by atoms with Gasteiger partial charge in [-0.2, -0.15) is 0 Å². The number of rotatable bonds is 1. The molecular weight excluding hydrogens is 420 g/mol. The van der Waals surface area contributed by atoms with Gasteiger partial charge in [0.25, 0.3) is 0 Å². The molecule has 1 aromatic heterocycles. The Morgan fingerprint density at radius 1 is 1.03 bits per heavy atom. The normalized spacial score (nSPS) is 21.3. The summed E-state index contributed by atoms with van der Waals surface area (Å²) in [6, 6.07) is 13.4. The van der Waals surface area contributed by atoms with Gasteiger partial charge in [-0.25, -0.2) is 4.98 Å². The number of nitrogens with zero attached hydrogens (tertiary/aromatic N) is 2. The van der Waals surface area contributed by atoms with Crippen LogP contribution in [-0.2, 0) is 0 Å². The molecule has 0 spiro atoms. The lowest BCUT2D eigenvalue weighted by Gasteiger charge is -2.37. The van der Waals surface area contributed by atoms with Crippen LogP contribution >= 0.6 is 11.8 Å². The van der Waals surface area contributed by atoms with Gasteiger partial charge in [-0.15, -0.1) is 0 Å². The second-order valence-corrected chi connectivity index (χ2v) is 10.3. The molecule has 0 radical (unpaired) electrons. The van der Waals surface area contributed by atoms with Crippen molar-refractivity contribution in [1.82, 2.24) is 9.55 Å². The minimum absolute atomic E-state index is 0.356. The molecule has 1 atom stereocenters. The summed E-state index contributed by atoms with van der Waals surface area (Å²) in [5.41, 5.74) is 13.4. The molecule has 3 heteroatoms. The molecule has 0 saturated heterocycles. The minimum Gasteiger partial charge on any atom is -0.294 e. The summed E-state index contributed by atoms with van der Waals surface area (Å²) in [5, 5.41) is 0. The van der Waals surface area contributed by atoms with Gasteiger partial charge in [0, 0.05) is 15.7 Å². The van der Waals surface area contributed by atoms with Gasteiger partial charge in [-0.05, 0) is 76.6 Å². The largest absolute Gasteiger partial charge is 0.294 e.